The third-order valence-electron chi connectivity index (χ3n) is 21.2. The van der Waals surface area contributed by atoms with Gasteiger partial charge in [-0.1, -0.05) is 231 Å². The first-order valence-electron chi connectivity index (χ1n) is 40.5. The van der Waals surface area contributed by atoms with E-state index < -0.39 is 211 Å². The molecule has 0 aromatic carbocycles. The van der Waals surface area contributed by atoms with Gasteiger partial charge in [0, 0.05) is 13.3 Å². The van der Waals surface area contributed by atoms with Gasteiger partial charge in [0.25, 0.3) is 0 Å². The predicted octanol–water partition coefficient (Wildman–Crippen LogP) is 2.73. The quantitative estimate of drug-likeness (QED) is 0.0307. The number of rotatable bonds is 56. The Hall–Kier alpha value is -2.36. The summed E-state index contributed by atoms with van der Waals surface area (Å²) in [6.45, 7) is 0.377. The third kappa shape index (κ3) is 31.5. The molecular weight excluding hydrogens is 1390 g/mol. The summed E-state index contributed by atoms with van der Waals surface area (Å²) in [6, 6.07) is -2.74. The molecule has 0 aromatic heterocycles. The van der Waals surface area contributed by atoms with Crippen molar-refractivity contribution < 1.29 is 139 Å². The number of nitrogens with one attached hydrogen (secondary N) is 2. The molecule has 5 rings (SSSR count). The topological polar surface area (TPSA) is 474 Å². The van der Waals surface area contributed by atoms with Crippen LogP contribution in [0, 0.1) is 0 Å². The second-order valence-corrected chi connectivity index (χ2v) is 29.9. The number of unbranched alkanes of at least 4 members (excludes halogenated alkanes) is 33. The minimum atomic E-state index is -2.19. The molecule has 18 N–H and O–H groups in total. The van der Waals surface area contributed by atoms with Crippen LogP contribution in [0.5, 0.6) is 0 Å². The number of carbonyl (C=O) groups is 2. The summed E-state index contributed by atoms with van der Waals surface area (Å²) >= 11 is 0. The van der Waals surface area contributed by atoms with Crippen molar-refractivity contribution in [1.29, 1.82) is 0 Å². The van der Waals surface area contributed by atoms with E-state index in [1.807, 2.05) is 6.08 Å². The summed E-state index contributed by atoms with van der Waals surface area (Å²) in [6.07, 6.45) is -0.108. The Labute approximate surface area is 628 Å². The van der Waals surface area contributed by atoms with E-state index in [0.29, 0.717) is 12.8 Å². The molecule has 5 aliphatic heterocycles. The van der Waals surface area contributed by atoms with Gasteiger partial charge in [0.15, 0.2) is 31.5 Å². The molecule has 5 fully saturated rings. The van der Waals surface area contributed by atoms with Crippen LogP contribution < -0.4 is 10.6 Å². The third-order valence-corrected chi connectivity index (χ3v) is 21.2. The van der Waals surface area contributed by atoms with Gasteiger partial charge in [-0.3, -0.25) is 9.59 Å². The van der Waals surface area contributed by atoms with E-state index in [4.69, 9.17) is 47.4 Å². The van der Waals surface area contributed by atoms with Crippen molar-refractivity contribution in [1.82, 2.24) is 10.6 Å². The minimum absolute atomic E-state index is 0.199. The Balaban J connectivity index is 1.13. The first-order chi connectivity index (χ1) is 51.2. The molecular formula is C76H140N2O28. The van der Waals surface area contributed by atoms with Crippen LogP contribution in [0.15, 0.2) is 12.2 Å². The van der Waals surface area contributed by atoms with Crippen LogP contribution in [-0.2, 0) is 57.0 Å². The molecule has 0 saturated carbocycles. The van der Waals surface area contributed by atoms with E-state index in [1.54, 1.807) is 6.08 Å². The van der Waals surface area contributed by atoms with Crippen LogP contribution in [0.1, 0.15) is 252 Å². The fraction of sp³-hybridized carbons (Fsp3) is 0.947. The van der Waals surface area contributed by atoms with Gasteiger partial charge in [-0.25, -0.2) is 0 Å². The van der Waals surface area contributed by atoms with Crippen LogP contribution in [0.4, 0.5) is 0 Å². The zero-order chi connectivity index (χ0) is 77.3. The summed E-state index contributed by atoms with van der Waals surface area (Å²) in [5, 5.41) is 181. The Morgan fingerprint density at radius 1 is 0.368 bits per heavy atom. The molecule has 5 heterocycles. The average molecular weight is 1530 g/mol. The first-order valence-corrected chi connectivity index (χ1v) is 40.5. The summed E-state index contributed by atoms with van der Waals surface area (Å²) in [5.41, 5.74) is 0. The lowest BCUT2D eigenvalue weighted by Gasteiger charge is -2.50. The maximum absolute atomic E-state index is 13.5. The van der Waals surface area contributed by atoms with Crippen molar-refractivity contribution in [3.8, 4) is 0 Å². The predicted molar refractivity (Wildman–Crippen MR) is 386 cm³/mol. The van der Waals surface area contributed by atoms with Crippen LogP contribution in [-0.4, -0.2) is 299 Å². The van der Waals surface area contributed by atoms with Crippen molar-refractivity contribution in [2.45, 2.75) is 418 Å². The standard InChI is InChI=1S/C76H140N2O28/c1-4-6-8-10-12-14-16-18-19-20-21-22-23-24-25-26-27-29-31-33-35-37-39-41-56(86)78-49(50(85)40-38-36-34-32-30-28-17-15-13-11-9-7-5-2)47-97-73-65(94)62(91)68(54(45-82)101-73)103-75-66(95)63(92)69(55(46-83)102-75)104-76-67(96)71(60(89)53(44-81)100-76)106-72-57(77-48(3)84)70(59(88)52(43-80)98-72)105-74-64(93)61(90)58(87)51(42-79)99-74/h38,40,49-55,57-76,79-83,85,87-96H,4-37,39,41-47H2,1-3H3,(H,77,84)(H,78,86)/b40-38+/t49-,50+,51?,52?,53?,54?,55?,57?,58-,59-,60-,61-,62+,63+,64?,65?,66?,67?,68+,69-,70+,71-,72-,73+,74-,75-,76-/m0/s1. The largest absolute Gasteiger partial charge is 0.394 e. The van der Waals surface area contributed by atoms with Gasteiger partial charge in [0.05, 0.1) is 51.8 Å². The van der Waals surface area contributed by atoms with Crippen molar-refractivity contribution in [3.63, 3.8) is 0 Å². The molecule has 106 heavy (non-hydrogen) atoms. The maximum Gasteiger partial charge on any atom is 0.220 e. The highest BCUT2D eigenvalue weighted by Crippen LogP contribution is 2.37. The zero-order valence-corrected chi connectivity index (χ0v) is 63.5. The Kier molecular flexibility index (Phi) is 47.7. The van der Waals surface area contributed by atoms with Crippen molar-refractivity contribution in [3.05, 3.63) is 12.2 Å². The van der Waals surface area contributed by atoms with E-state index in [1.165, 1.54) is 167 Å². The summed E-state index contributed by atoms with van der Waals surface area (Å²) in [5.74, 6) is -1.13. The Bertz CT molecular complexity index is 2290. The second-order valence-electron chi connectivity index (χ2n) is 29.9. The minimum Gasteiger partial charge on any atom is -0.394 e. The highest BCUT2D eigenvalue weighted by atomic mass is 16.8. The molecule has 0 radical (unpaired) electrons. The maximum atomic E-state index is 13.5. The number of carbonyl (C=O) groups excluding carboxylic acids is 2. The molecule has 5 aliphatic rings. The van der Waals surface area contributed by atoms with E-state index in [-0.39, 0.29) is 12.3 Å². The molecule has 10 unspecified atom stereocenters. The van der Waals surface area contributed by atoms with Gasteiger partial charge >= 0.3 is 0 Å². The lowest BCUT2D eigenvalue weighted by atomic mass is 9.94. The van der Waals surface area contributed by atoms with Crippen LogP contribution in [0.2, 0.25) is 0 Å². The molecule has 30 nitrogen and oxygen atoms in total. The molecule has 622 valence electrons. The summed E-state index contributed by atoms with van der Waals surface area (Å²) in [4.78, 5) is 26.2. The van der Waals surface area contributed by atoms with Crippen molar-refractivity contribution in [2.75, 3.05) is 39.6 Å². The number of aliphatic hydroxyl groups is 16. The molecule has 5 saturated heterocycles. The average Bonchev–Trinajstić information content (AvgIpc) is 0.771. The molecule has 2 amide bonds. The fourth-order valence-corrected chi connectivity index (χ4v) is 14.6. The van der Waals surface area contributed by atoms with Crippen LogP contribution in [0.3, 0.4) is 0 Å². The van der Waals surface area contributed by atoms with Crippen molar-refractivity contribution in [2.24, 2.45) is 0 Å². The SMILES string of the molecule is CCCCCCCCCCCCC/C=C/[C@@H](O)[C@H](CO[C@@H]1OC(CO)[C@@H](O[C@@H]2OC(CO)[C@H](O[C@@H]3OC(CO)[C@H](O)[C@H](O[C@@H]4OC(CO)[C@H](O)[C@H](O[C@@H]5OC(CO)[C@H](O)[C@H](O)C5O)C4NC(C)=O)C3O)[C@H](O)C2O)[C@H](O)C1O)NC(=O)CCCCCCCCCCCCCCCCCCCCCCCCC. The van der Waals surface area contributed by atoms with E-state index in [9.17, 15) is 91.3 Å². The van der Waals surface area contributed by atoms with E-state index in [0.717, 1.165) is 51.9 Å². The van der Waals surface area contributed by atoms with Gasteiger partial charge in [0.2, 0.25) is 11.8 Å². The molecule has 30 heteroatoms. The number of amides is 2. The van der Waals surface area contributed by atoms with Gasteiger partial charge in [-0.15, -0.1) is 0 Å². The molecule has 0 aliphatic carbocycles. The fourth-order valence-electron chi connectivity index (χ4n) is 14.6. The second kappa shape index (κ2) is 53.6. The molecule has 0 spiro atoms. The normalized spacial score (nSPS) is 34.3. The number of ether oxygens (including phenoxy) is 10. The van der Waals surface area contributed by atoms with Gasteiger partial charge in [-0.2, -0.15) is 0 Å². The van der Waals surface area contributed by atoms with Gasteiger partial charge in [0.1, 0.15) is 122 Å². The lowest BCUT2D eigenvalue weighted by molar-refractivity contribution is -0.389. The van der Waals surface area contributed by atoms with Gasteiger partial charge < -0.3 is 140 Å². The molecule has 0 aromatic rings. The molecule has 0 bridgehead atoms. The van der Waals surface area contributed by atoms with E-state index >= 15 is 0 Å². The van der Waals surface area contributed by atoms with Gasteiger partial charge in [-0.05, 0) is 19.3 Å². The molecule has 27 atom stereocenters. The summed E-state index contributed by atoms with van der Waals surface area (Å²) < 4.78 is 58.5. The van der Waals surface area contributed by atoms with Crippen LogP contribution >= 0.6 is 0 Å². The number of hydrogen-bond acceptors (Lipinski definition) is 28. The van der Waals surface area contributed by atoms with Crippen LogP contribution in [0.25, 0.3) is 0 Å². The highest BCUT2D eigenvalue weighted by molar-refractivity contribution is 5.76. The zero-order valence-electron chi connectivity index (χ0n) is 63.5. The number of aliphatic hydroxyl groups excluding tert-OH is 16. The van der Waals surface area contributed by atoms with E-state index in [2.05, 4.69) is 24.5 Å². The first kappa shape index (κ1) is 94.2. The smallest absolute Gasteiger partial charge is 0.220 e. The number of hydrogen-bond donors (Lipinski definition) is 18. The Morgan fingerprint density at radius 2 is 0.698 bits per heavy atom. The summed E-state index contributed by atoms with van der Waals surface area (Å²) in [7, 11) is 0. The van der Waals surface area contributed by atoms with Crippen molar-refractivity contribution >= 4 is 11.8 Å². The Morgan fingerprint density at radius 3 is 1.12 bits per heavy atom. The number of allylic oxidation sites excluding steroid dienone is 1. The lowest BCUT2D eigenvalue weighted by Crippen LogP contribution is -2.70. The monoisotopic (exact) mass is 1530 g/mol. The highest BCUT2D eigenvalue weighted by Gasteiger charge is 2.57.